The molecule has 2 saturated heterocycles. The molecule has 2 aromatic carbocycles. The van der Waals surface area contributed by atoms with Gasteiger partial charge in [0.15, 0.2) is 10.3 Å². The number of anilines is 3. The van der Waals surface area contributed by atoms with Crippen molar-refractivity contribution < 1.29 is 19.2 Å². The zero-order chi connectivity index (χ0) is 30.3. The fraction of sp³-hybridized carbons (Fsp3) is 0.387. The molecule has 0 saturated carbocycles. The van der Waals surface area contributed by atoms with E-state index < -0.39 is 10.5 Å². The Balaban J connectivity index is 1.42. The van der Waals surface area contributed by atoms with E-state index in [9.17, 15) is 19.2 Å². The molecule has 0 spiro atoms. The van der Waals surface area contributed by atoms with Crippen molar-refractivity contribution in [1.82, 2.24) is 15.0 Å². The number of amides is 4. The number of hydrogen-bond donors (Lipinski definition) is 0. The van der Waals surface area contributed by atoms with E-state index in [4.69, 9.17) is 9.97 Å². The Morgan fingerprint density at radius 2 is 1.09 bits per heavy atom. The average molecular weight is 619 g/mol. The molecule has 0 bridgehead atoms. The first-order chi connectivity index (χ1) is 20.9. The second-order valence-electron chi connectivity index (χ2n) is 10.3. The lowest BCUT2D eigenvalue weighted by Gasteiger charge is -2.23. The normalized spacial score (nSPS) is 18.7. The third-order valence-corrected chi connectivity index (χ3v) is 9.26. The average Bonchev–Trinajstić information content (AvgIpc) is 3.45. The first kappa shape index (κ1) is 30.7. The standard InChI is InChI=1S/C31H34N6O4S2/c1-3-5-17-35(18-6-4-2)29-32-30(42-23-19-25(38)36(27(23)40)21-13-9-7-10-14-21)34-31(33-29)43-24-20-26(39)37(28(24)41)22-15-11-8-12-16-22/h7-16,23-24H,3-6,17-20H2,1-2H3. The topological polar surface area (TPSA) is 117 Å². The van der Waals surface area contributed by atoms with E-state index in [1.54, 1.807) is 48.5 Å². The van der Waals surface area contributed by atoms with E-state index in [-0.39, 0.29) is 36.5 Å². The molecule has 3 aromatic rings. The molecular formula is C31H34N6O4S2. The summed E-state index contributed by atoms with van der Waals surface area (Å²) < 4.78 is 0. The van der Waals surface area contributed by atoms with Crippen molar-refractivity contribution >= 4 is 64.5 Å². The van der Waals surface area contributed by atoms with Crippen LogP contribution in [0.5, 0.6) is 0 Å². The van der Waals surface area contributed by atoms with Crippen LogP contribution in [0.3, 0.4) is 0 Å². The zero-order valence-corrected chi connectivity index (χ0v) is 25.9. The van der Waals surface area contributed by atoms with Gasteiger partial charge in [0, 0.05) is 25.9 Å². The molecule has 1 aromatic heterocycles. The molecule has 3 heterocycles. The lowest BCUT2D eigenvalue weighted by Crippen LogP contribution is -2.31. The van der Waals surface area contributed by atoms with Crippen LogP contribution in [0.15, 0.2) is 71.0 Å². The number of hydrogen-bond acceptors (Lipinski definition) is 10. The van der Waals surface area contributed by atoms with Crippen LogP contribution in [0, 0.1) is 0 Å². The number of imide groups is 2. The largest absolute Gasteiger partial charge is 0.341 e. The number of para-hydroxylation sites is 2. The number of rotatable bonds is 13. The van der Waals surface area contributed by atoms with Gasteiger partial charge < -0.3 is 4.90 Å². The van der Waals surface area contributed by atoms with E-state index >= 15 is 0 Å². The highest BCUT2D eigenvalue weighted by molar-refractivity contribution is 8.01. The van der Waals surface area contributed by atoms with Crippen LogP contribution < -0.4 is 14.7 Å². The van der Waals surface area contributed by atoms with E-state index in [0.29, 0.717) is 27.6 Å². The van der Waals surface area contributed by atoms with E-state index in [1.165, 1.54) is 9.80 Å². The summed E-state index contributed by atoms with van der Waals surface area (Å²) in [4.78, 5) is 71.1. The monoisotopic (exact) mass is 618 g/mol. The van der Waals surface area contributed by atoms with E-state index in [1.807, 2.05) is 12.1 Å². The molecule has 2 atom stereocenters. The summed E-state index contributed by atoms with van der Waals surface area (Å²) in [7, 11) is 0. The Labute approximate surface area is 259 Å². The van der Waals surface area contributed by atoms with Gasteiger partial charge in [-0.1, -0.05) is 86.6 Å². The summed E-state index contributed by atoms with van der Waals surface area (Å²) in [6.07, 6.45) is 3.95. The van der Waals surface area contributed by atoms with Gasteiger partial charge in [-0.15, -0.1) is 0 Å². The SMILES string of the molecule is CCCCN(CCCC)c1nc(SC2CC(=O)N(c3ccccc3)C2=O)nc(SC2CC(=O)N(c3ccccc3)C2=O)n1. The molecule has 0 aliphatic carbocycles. The fourth-order valence-corrected chi connectivity index (χ4v) is 6.91. The van der Waals surface area contributed by atoms with Crippen molar-refractivity contribution in [2.75, 3.05) is 27.8 Å². The predicted molar refractivity (Wildman–Crippen MR) is 168 cm³/mol. The molecule has 10 nitrogen and oxygen atoms in total. The van der Waals surface area contributed by atoms with Crippen molar-refractivity contribution in [3.63, 3.8) is 0 Å². The van der Waals surface area contributed by atoms with Gasteiger partial charge in [0.2, 0.25) is 29.6 Å². The van der Waals surface area contributed by atoms with Crippen LogP contribution in [0.25, 0.3) is 0 Å². The van der Waals surface area contributed by atoms with Crippen molar-refractivity contribution in [2.45, 2.75) is 73.2 Å². The number of carbonyl (C=O) groups is 4. The smallest absolute Gasteiger partial charge is 0.247 e. The maximum atomic E-state index is 13.3. The van der Waals surface area contributed by atoms with E-state index in [0.717, 1.165) is 62.3 Å². The van der Waals surface area contributed by atoms with Crippen LogP contribution >= 0.6 is 23.5 Å². The molecular weight excluding hydrogens is 585 g/mol. The Hall–Kier alpha value is -3.77. The number of unbranched alkanes of at least 4 members (excludes halogenated alkanes) is 2. The molecule has 4 amide bonds. The Bertz CT molecular complexity index is 1370. The number of aromatic nitrogens is 3. The summed E-state index contributed by atoms with van der Waals surface area (Å²) in [6, 6.07) is 17.7. The number of thioether (sulfide) groups is 2. The number of nitrogens with zero attached hydrogens (tertiary/aromatic N) is 6. The quantitative estimate of drug-likeness (QED) is 0.239. The molecule has 224 valence electrons. The minimum atomic E-state index is -0.691. The second kappa shape index (κ2) is 14.1. The van der Waals surface area contributed by atoms with Gasteiger partial charge >= 0.3 is 0 Å². The Morgan fingerprint density at radius 1 is 0.674 bits per heavy atom. The van der Waals surface area contributed by atoms with Crippen molar-refractivity contribution in [3.05, 3.63) is 60.7 Å². The van der Waals surface area contributed by atoms with Crippen LogP contribution in [0.4, 0.5) is 17.3 Å². The fourth-order valence-electron chi connectivity index (χ4n) is 4.93. The van der Waals surface area contributed by atoms with Gasteiger partial charge in [-0.25, -0.2) is 9.80 Å². The summed E-state index contributed by atoms with van der Waals surface area (Å²) in [5.41, 5.74) is 1.07. The van der Waals surface area contributed by atoms with Gasteiger partial charge in [-0.3, -0.25) is 19.2 Å². The van der Waals surface area contributed by atoms with E-state index in [2.05, 4.69) is 23.7 Å². The van der Waals surface area contributed by atoms with Crippen molar-refractivity contribution in [2.24, 2.45) is 0 Å². The predicted octanol–water partition coefficient (Wildman–Crippen LogP) is 5.13. The highest BCUT2D eigenvalue weighted by Crippen LogP contribution is 2.36. The molecule has 5 rings (SSSR count). The molecule has 43 heavy (non-hydrogen) atoms. The lowest BCUT2D eigenvalue weighted by atomic mass is 10.3. The third-order valence-electron chi connectivity index (χ3n) is 7.16. The highest BCUT2D eigenvalue weighted by Gasteiger charge is 2.42. The van der Waals surface area contributed by atoms with Crippen LogP contribution in [0.2, 0.25) is 0 Å². The number of benzene rings is 2. The number of carbonyl (C=O) groups excluding carboxylic acids is 4. The van der Waals surface area contributed by atoms with Gasteiger partial charge in [0.05, 0.1) is 11.4 Å². The minimum Gasteiger partial charge on any atom is -0.341 e. The summed E-state index contributed by atoms with van der Waals surface area (Å²) in [5.74, 6) is -0.722. The van der Waals surface area contributed by atoms with Crippen molar-refractivity contribution in [1.29, 1.82) is 0 Å². The Morgan fingerprint density at radius 3 is 1.49 bits per heavy atom. The lowest BCUT2D eigenvalue weighted by molar-refractivity contribution is -0.122. The molecule has 0 radical (unpaired) electrons. The van der Waals surface area contributed by atoms with Crippen LogP contribution in [-0.2, 0) is 19.2 Å². The maximum absolute atomic E-state index is 13.3. The molecule has 2 aliphatic rings. The second-order valence-corrected chi connectivity index (χ2v) is 12.7. The van der Waals surface area contributed by atoms with Gasteiger partial charge in [0.1, 0.15) is 10.5 Å². The van der Waals surface area contributed by atoms with Gasteiger partial charge in [-0.05, 0) is 37.1 Å². The molecule has 0 N–H and O–H groups in total. The first-order valence-corrected chi connectivity index (χ1v) is 16.3. The first-order valence-electron chi connectivity index (χ1n) is 14.6. The molecule has 12 heteroatoms. The zero-order valence-electron chi connectivity index (χ0n) is 24.2. The Kier molecular flexibility index (Phi) is 10.1. The molecule has 2 unspecified atom stereocenters. The third kappa shape index (κ3) is 7.07. The van der Waals surface area contributed by atoms with Gasteiger partial charge in [0.25, 0.3) is 0 Å². The van der Waals surface area contributed by atoms with Gasteiger partial charge in [-0.2, -0.15) is 15.0 Å². The highest BCUT2D eigenvalue weighted by atomic mass is 32.2. The van der Waals surface area contributed by atoms with Crippen molar-refractivity contribution in [3.8, 4) is 0 Å². The summed E-state index contributed by atoms with van der Waals surface area (Å²) in [6.45, 7) is 5.74. The molecule has 2 fully saturated rings. The summed E-state index contributed by atoms with van der Waals surface area (Å²) >= 11 is 2.27. The minimum absolute atomic E-state index is 0.0267. The summed E-state index contributed by atoms with van der Waals surface area (Å²) in [5, 5.41) is -0.765. The maximum Gasteiger partial charge on any atom is 0.247 e. The molecule has 2 aliphatic heterocycles. The van der Waals surface area contributed by atoms with Crippen LogP contribution in [-0.4, -0.2) is 62.2 Å². The van der Waals surface area contributed by atoms with Crippen LogP contribution in [0.1, 0.15) is 52.4 Å².